The Labute approximate surface area is 142 Å². The van der Waals surface area contributed by atoms with Gasteiger partial charge in [-0.3, -0.25) is 0 Å². The average molecular weight is 315 g/mol. The predicted molar refractivity (Wildman–Crippen MR) is 95.0 cm³/mol. The third-order valence-electron chi connectivity index (χ3n) is 8.95. The molecule has 1 heteroatoms. The maximum atomic E-state index is 11.4. The van der Waals surface area contributed by atoms with E-state index in [2.05, 4.69) is 26.8 Å². The lowest BCUT2D eigenvalue weighted by atomic mass is 9.46. The lowest BCUT2D eigenvalue weighted by Gasteiger charge is -2.58. The first-order valence-corrected chi connectivity index (χ1v) is 10.2. The van der Waals surface area contributed by atoms with Crippen LogP contribution in [0.4, 0.5) is 0 Å². The van der Waals surface area contributed by atoms with Crippen molar-refractivity contribution in [2.24, 2.45) is 40.4 Å². The second kappa shape index (κ2) is 5.46. The first kappa shape index (κ1) is 15.9. The fourth-order valence-corrected chi connectivity index (χ4v) is 7.75. The molecular weight excluding hydrogens is 280 g/mol. The zero-order chi connectivity index (χ0) is 16.2. The Kier molecular flexibility index (Phi) is 3.78. The molecule has 3 saturated carbocycles. The minimum Gasteiger partial charge on any atom is -0.303 e. The highest BCUT2D eigenvalue weighted by Gasteiger charge is 2.59. The molecule has 0 aromatic heterocycles. The highest BCUT2D eigenvalue weighted by molar-refractivity contribution is 5.53. The Morgan fingerprint density at radius 1 is 1.13 bits per heavy atom. The maximum Gasteiger partial charge on any atom is 0.123 e. The number of rotatable bonds is 2. The van der Waals surface area contributed by atoms with E-state index in [1.54, 1.807) is 0 Å². The second-order valence-electron chi connectivity index (χ2n) is 9.68. The average Bonchev–Trinajstić information content (AvgIpc) is 2.91. The van der Waals surface area contributed by atoms with Crippen molar-refractivity contribution in [3.63, 3.8) is 0 Å². The Balaban J connectivity index is 1.64. The van der Waals surface area contributed by atoms with Gasteiger partial charge in [-0.25, -0.2) is 0 Å². The molecule has 0 amide bonds. The molecule has 7 atom stereocenters. The van der Waals surface area contributed by atoms with Crippen molar-refractivity contribution in [1.82, 2.24) is 0 Å². The van der Waals surface area contributed by atoms with Crippen LogP contribution in [0.25, 0.3) is 0 Å². The van der Waals surface area contributed by atoms with Gasteiger partial charge in [-0.15, -0.1) is 0 Å². The molecule has 0 bridgehead atoms. The van der Waals surface area contributed by atoms with Gasteiger partial charge < -0.3 is 4.79 Å². The topological polar surface area (TPSA) is 17.1 Å². The summed E-state index contributed by atoms with van der Waals surface area (Å²) in [5.74, 6) is 3.63. The molecule has 4 aliphatic rings. The van der Waals surface area contributed by atoms with Crippen LogP contribution in [-0.4, -0.2) is 6.29 Å². The van der Waals surface area contributed by atoms with Gasteiger partial charge in [-0.05, 0) is 92.3 Å². The van der Waals surface area contributed by atoms with E-state index >= 15 is 0 Å². The van der Waals surface area contributed by atoms with Crippen molar-refractivity contribution < 1.29 is 4.79 Å². The van der Waals surface area contributed by atoms with Gasteiger partial charge in [0, 0.05) is 5.92 Å². The molecule has 0 aromatic rings. The Hall–Kier alpha value is -0.590. The summed E-state index contributed by atoms with van der Waals surface area (Å²) in [5.41, 5.74) is 2.76. The summed E-state index contributed by atoms with van der Waals surface area (Å²) in [4.78, 5) is 11.4. The van der Waals surface area contributed by atoms with Crippen LogP contribution < -0.4 is 0 Å². The van der Waals surface area contributed by atoms with Gasteiger partial charge in [-0.1, -0.05) is 32.4 Å². The van der Waals surface area contributed by atoms with Crippen molar-refractivity contribution >= 4 is 6.29 Å². The molecule has 4 aliphatic carbocycles. The van der Waals surface area contributed by atoms with Gasteiger partial charge in [-0.2, -0.15) is 0 Å². The van der Waals surface area contributed by atoms with E-state index in [9.17, 15) is 4.79 Å². The van der Waals surface area contributed by atoms with Crippen molar-refractivity contribution in [3.8, 4) is 0 Å². The Bertz CT molecular complexity index is 520. The monoisotopic (exact) mass is 314 g/mol. The van der Waals surface area contributed by atoms with Gasteiger partial charge in [0.05, 0.1) is 0 Å². The van der Waals surface area contributed by atoms with Crippen LogP contribution in [0, 0.1) is 40.4 Å². The largest absolute Gasteiger partial charge is 0.303 e. The fraction of sp³-hybridized carbons (Fsp3) is 0.864. The smallest absolute Gasteiger partial charge is 0.123 e. The van der Waals surface area contributed by atoms with E-state index in [-0.39, 0.29) is 5.92 Å². The third-order valence-corrected chi connectivity index (χ3v) is 8.95. The van der Waals surface area contributed by atoms with E-state index in [0.29, 0.717) is 16.7 Å². The lowest BCUT2D eigenvalue weighted by molar-refractivity contribution is -0.115. The standard InChI is InChI=1S/C22H34O/c1-15(14-23)18-9-10-19-17-8-7-16-6-4-5-12-21(16,2)20(17)11-13-22(18,19)3/h6,14-15,17-20H,4-5,7-13H2,1-3H3/t15?,17-,18+,19-,20-,21-,22+/m0/s1. The minimum absolute atomic E-state index is 0.255. The third kappa shape index (κ3) is 2.14. The van der Waals surface area contributed by atoms with Crippen molar-refractivity contribution in [2.75, 3.05) is 0 Å². The predicted octanol–water partition coefficient (Wildman–Crippen LogP) is 5.79. The molecule has 1 unspecified atom stereocenters. The summed E-state index contributed by atoms with van der Waals surface area (Å²) >= 11 is 0. The van der Waals surface area contributed by atoms with Crippen LogP contribution in [0.2, 0.25) is 0 Å². The highest BCUT2D eigenvalue weighted by atomic mass is 16.1. The number of hydrogen-bond acceptors (Lipinski definition) is 1. The van der Waals surface area contributed by atoms with Gasteiger partial charge in [0.25, 0.3) is 0 Å². The molecule has 0 aliphatic heterocycles. The molecule has 0 aromatic carbocycles. The van der Waals surface area contributed by atoms with E-state index in [0.717, 1.165) is 17.8 Å². The second-order valence-corrected chi connectivity index (χ2v) is 9.68. The molecule has 3 fully saturated rings. The molecule has 1 nitrogen and oxygen atoms in total. The molecule has 128 valence electrons. The fourth-order valence-electron chi connectivity index (χ4n) is 7.75. The number of aldehydes is 1. The van der Waals surface area contributed by atoms with Crippen molar-refractivity contribution in [2.45, 2.75) is 78.6 Å². The zero-order valence-corrected chi connectivity index (χ0v) is 15.3. The van der Waals surface area contributed by atoms with Gasteiger partial charge in [0.2, 0.25) is 0 Å². The molecule has 0 saturated heterocycles. The summed E-state index contributed by atoms with van der Waals surface area (Å²) in [5, 5.41) is 0. The van der Waals surface area contributed by atoms with Crippen LogP contribution >= 0.6 is 0 Å². The Morgan fingerprint density at radius 2 is 1.96 bits per heavy atom. The lowest BCUT2D eigenvalue weighted by Crippen LogP contribution is -2.50. The maximum absolute atomic E-state index is 11.4. The highest BCUT2D eigenvalue weighted by Crippen LogP contribution is 2.67. The first-order valence-electron chi connectivity index (χ1n) is 10.2. The molecule has 4 rings (SSSR count). The van der Waals surface area contributed by atoms with Crippen LogP contribution in [0.5, 0.6) is 0 Å². The normalized spacial score (nSPS) is 50.3. The van der Waals surface area contributed by atoms with E-state index in [1.165, 1.54) is 64.1 Å². The SMILES string of the molecule is CC(C=O)[C@H]1CC[C@H]2[C@@H]3CCC4=CCCC[C@]4(C)[C@H]3CC[C@]12C. The number of fused-ring (bicyclic) bond motifs is 5. The molecular formula is C22H34O. The number of carbonyl (C=O) groups is 1. The summed E-state index contributed by atoms with van der Waals surface area (Å²) < 4.78 is 0. The number of carbonyl (C=O) groups excluding carboxylic acids is 1. The van der Waals surface area contributed by atoms with Crippen LogP contribution in [0.1, 0.15) is 78.6 Å². The van der Waals surface area contributed by atoms with Crippen molar-refractivity contribution in [3.05, 3.63) is 11.6 Å². The molecule has 0 spiro atoms. The molecule has 0 heterocycles. The number of allylic oxidation sites excluding steroid dienone is 2. The minimum atomic E-state index is 0.255. The van der Waals surface area contributed by atoms with E-state index < -0.39 is 0 Å². The van der Waals surface area contributed by atoms with E-state index in [4.69, 9.17) is 0 Å². The van der Waals surface area contributed by atoms with Gasteiger partial charge >= 0.3 is 0 Å². The Morgan fingerprint density at radius 3 is 2.74 bits per heavy atom. The first-order chi connectivity index (χ1) is 11.0. The summed E-state index contributed by atoms with van der Waals surface area (Å²) in [6, 6.07) is 0. The van der Waals surface area contributed by atoms with Crippen molar-refractivity contribution in [1.29, 1.82) is 0 Å². The molecule has 0 radical (unpaired) electrons. The number of hydrogen-bond donors (Lipinski definition) is 0. The van der Waals surface area contributed by atoms with Gasteiger partial charge in [0.1, 0.15) is 6.29 Å². The molecule has 0 N–H and O–H groups in total. The summed E-state index contributed by atoms with van der Waals surface area (Å²) in [6.45, 7) is 7.31. The van der Waals surface area contributed by atoms with Crippen LogP contribution in [-0.2, 0) is 4.79 Å². The quantitative estimate of drug-likeness (QED) is 0.465. The van der Waals surface area contributed by atoms with Crippen LogP contribution in [0.3, 0.4) is 0 Å². The van der Waals surface area contributed by atoms with E-state index in [1.807, 2.05) is 5.57 Å². The summed E-state index contributed by atoms with van der Waals surface area (Å²) in [6.07, 6.45) is 16.2. The van der Waals surface area contributed by atoms with Crippen LogP contribution in [0.15, 0.2) is 11.6 Å². The van der Waals surface area contributed by atoms with Gasteiger partial charge in [0.15, 0.2) is 0 Å². The molecule has 23 heavy (non-hydrogen) atoms. The summed E-state index contributed by atoms with van der Waals surface area (Å²) in [7, 11) is 0. The zero-order valence-electron chi connectivity index (χ0n) is 15.3.